The second kappa shape index (κ2) is 8.99. The van der Waals surface area contributed by atoms with Crippen LogP contribution in [0.3, 0.4) is 0 Å². The van der Waals surface area contributed by atoms with E-state index in [-0.39, 0.29) is 28.9 Å². The van der Waals surface area contributed by atoms with E-state index >= 15 is 0 Å². The van der Waals surface area contributed by atoms with Gasteiger partial charge in [-0.2, -0.15) is 4.68 Å². The number of nitrogens with one attached hydrogen (secondary N) is 1. The van der Waals surface area contributed by atoms with Gasteiger partial charge in [0.1, 0.15) is 0 Å². The molecule has 14 nitrogen and oxygen atoms in total. The molecule has 0 radical (unpaired) electrons. The molecule has 176 valence electrons. The first kappa shape index (κ1) is 21.7. The number of hydrogen-bond donors (Lipinski definition) is 3. The van der Waals surface area contributed by atoms with Crippen LogP contribution in [0, 0.1) is 0 Å². The van der Waals surface area contributed by atoms with E-state index in [1.807, 2.05) is 6.07 Å². The summed E-state index contributed by atoms with van der Waals surface area (Å²) in [5.74, 6) is -0.740. The number of carbonyl (C=O) groups is 1. The summed E-state index contributed by atoms with van der Waals surface area (Å²) in [7, 11) is 0. The molecule has 4 aromatic rings. The van der Waals surface area contributed by atoms with Gasteiger partial charge in [-0.05, 0) is 22.9 Å². The van der Waals surface area contributed by atoms with Gasteiger partial charge in [-0.1, -0.05) is 30.3 Å². The summed E-state index contributed by atoms with van der Waals surface area (Å²) in [6.45, 7) is 6.92. The number of likely N-dealkylation sites (N-methyl/N-ethyl adjacent to an activating group) is 1. The zero-order valence-corrected chi connectivity index (χ0v) is 18.4. The molecule has 4 N–H and O–H groups in total. The Labute approximate surface area is 193 Å². The normalized spacial score (nSPS) is 15.6. The summed E-state index contributed by atoms with van der Waals surface area (Å²) in [5, 5.41) is 34.1. The van der Waals surface area contributed by atoms with Crippen LogP contribution >= 0.6 is 0 Å². The van der Waals surface area contributed by atoms with E-state index in [1.165, 1.54) is 4.68 Å². The highest BCUT2D eigenvalue weighted by atomic mass is 16.6. The molecule has 0 spiro atoms. The van der Waals surface area contributed by atoms with Crippen LogP contribution < -0.4 is 5.73 Å². The molecule has 0 aliphatic carbocycles. The lowest BCUT2D eigenvalue weighted by Gasteiger charge is -2.33. The lowest BCUT2D eigenvalue weighted by molar-refractivity contribution is 0.0985. The maximum Gasteiger partial charge on any atom is 0.317 e. The Bertz CT molecular complexity index is 1350. The number of nitrogen functional groups attached to an aromatic ring is 1. The molecule has 0 unspecified atom stereocenters. The molecule has 14 heteroatoms. The zero-order valence-electron chi connectivity index (χ0n) is 18.4. The van der Waals surface area contributed by atoms with Gasteiger partial charge in [0, 0.05) is 38.1 Å². The minimum Gasteiger partial charge on any atom is -0.493 e. The van der Waals surface area contributed by atoms with Crippen molar-refractivity contribution in [1.29, 1.82) is 0 Å². The number of nitrogens with zero attached hydrogens (tertiary/aromatic N) is 9. The molecule has 4 heterocycles. The molecule has 34 heavy (non-hydrogen) atoms. The first-order valence-corrected chi connectivity index (χ1v) is 10.8. The predicted molar refractivity (Wildman–Crippen MR) is 120 cm³/mol. The Morgan fingerprint density at radius 3 is 2.71 bits per heavy atom. The Kier molecular flexibility index (Phi) is 5.73. The van der Waals surface area contributed by atoms with E-state index in [9.17, 15) is 9.90 Å². The number of piperazine rings is 1. The lowest BCUT2D eigenvalue weighted by Crippen LogP contribution is -2.46. The van der Waals surface area contributed by atoms with Gasteiger partial charge in [-0.25, -0.2) is 4.63 Å². The van der Waals surface area contributed by atoms with E-state index in [0.29, 0.717) is 23.1 Å². The molecule has 1 aliphatic rings. The van der Waals surface area contributed by atoms with Crippen LogP contribution in [0.4, 0.5) is 11.5 Å². The highest BCUT2D eigenvalue weighted by molar-refractivity contribution is 5.96. The van der Waals surface area contributed by atoms with Crippen molar-refractivity contribution in [3.63, 3.8) is 0 Å². The van der Waals surface area contributed by atoms with E-state index in [0.717, 1.165) is 32.7 Å². The molecular formula is C20H23N11O3. The van der Waals surface area contributed by atoms with Gasteiger partial charge in [0.2, 0.25) is 17.5 Å². The summed E-state index contributed by atoms with van der Waals surface area (Å²) in [4.78, 5) is 20.4. The summed E-state index contributed by atoms with van der Waals surface area (Å²) in [6, 6.07) is 7.17. The summed E-state index contributed by atoms with van der Waals surface area (Å²) in [6.07, 6.45) is 0. The molecule has 0 saturated carbocycles. The molecule has 1 amide bonds. The van der Waals surface area contributed by atoms with Crippen molar-refractivity contribution in [2.24, 2.45) is 10.2 Å². The van der Waals surface area contributed by atoms with Gasteiger partial charge in [0.05, 0.1) is 11.2 Å². The van der Waals surface area contributed by atoms with E-state index in [4.69, 9.17) is 10.4 Å². The van der Waals surface area contributed by atoms with Crippen molar-refractivity contribution >= 4 is 28.3 Å². The van der Waals surface area contributed by atoms with Crippen molar-refractivity contribution in [2.45, 2.75) is 13.5 Å². The number of para-hydroxylation sites is 1. The number of carbonyl (C=O) groups excluding carboxylic acids is 1. The smallest absolute Gasteiger partial charge is 0.317 e. The van der Waals surface area contributed by atoms with Crippen LogP contribution in [0.25, 0.3) is 16.7 Å². The second-order valence-corrected chi connectivity index (χ2v) is 7.85. The predicted octanol–water partition coefficient (Wildman–Crippen LogP) is 1.48. The third-order valence-electron chi connectivity index (χ3n) is 5.85. The monoisotopic (exact) mass is 465 g/mol. The highest BCUT2D eigenvalue weighted by Gasteiger charge is 2.27. The number of nitrogens with two attached hydrogens (primary N) is 1. The van der Waals surface area contributed by atoms with Crippen LogP contribution in [-0.4, -0.2) is 83.8 Å². The molecular weight excluding hydrogens is 442 g/mol. The zero-order chi connectivity index (χ0) is 23.7. The second-order valence-electron chi connectivity index (χ2n) is 7.85. The minimum atomic E-state index is -0.715. The molecule has 1 aliphatic heterocycles. The number of hydrogen-bond acceptors (Lipinski definition) is 11. The quantitative estimate of drug-likeness (QED) is 0.353. The van der Waals surface area contributed by atoms with E-state index in [2.05, 4.69) is 52.6 Å². The standard InChI is InChI=1S/C20H23N11O3/c1-2-29-7-9-30(10-8-29)11-14-16(24-28-31(14)18-17(21)26-34-27-18)20(33)25-23-15-12-5-3-4-6-13(12)22-19(15)32/h3-6,22,32H,2,7-11H2,1H3,(H2,21,26). The molecule has 1 saturated heterocycles. The average Bonchev–Trinajstić information content (AvgIpc) is 3.54. The summed E-state index contributed by atoms with van der Waals surface area (Å²) < 4.78 is 6.04. The number of benzene rings is 1. The van der Waals surface area contributed by atoms with Crippen molar-refractivity contribution in [2.75, 3.05) is 38.5 Å². The summed E-state index contributed by atoms with van der Waals surface area (Å²) >= 11 is 0. The van der Waals surface area contributed by atoms with Crippen LogP contribution in [0.1, 0.15) is 23.1 Å². The van der Waals surface area contributed by atoms with Gasteiger partial charge in [0.15, 0.2) is 11.4 Å². The average molecular weight is 465 g/mol. The number of rotatable bonds is 6. The Hall–Kier alpha value is -4.17. The topological polar surface area (TPSA) is 180 Å². The molecule has 1 fully saturated rings. The first-order chi connectivity index (χ1) is 16.5. The van der Waals surface area contributed by atoms with Crippen LogP contribution in [0.2, 0.25) is 0 Å². The number of H-pyrrole nitrogens is 1. The van der Waals surface area contributed by atoms with E-state index < -0.39 is 5.91 Å². The fraction of sp³-hybridized carbons (Fsp3) is 0.350. The lowest BCUT2D eigenvalue weighted by atomic mass is 10.2. The number of azo groups is 1. The van der Waals surface area contributed by atoms with Gasteiger partial charge < -0.3 is 20.7 Å². The van der Waals surface area contributed by atoms with Crippen LogP contribution in [0.5, 0.6) is 5.88 Å². The third-order valence-corrected chi connectivity index (χ3v) is 5.85. The molecule has 0 atom stereocenters. The number of aromatic hydroxyl groups is 1. The fourth-order valence-corrected chi connectivity index (χ4v) is 3.95. The Morgan fingerprint density at radius 1 is 1.21 bits per heavy atom. The fourth-order valence-electron chi connectivity index (χ4n) is 3.95. The van der Waals surface area contributed by atoms with Gasteiger partial charge >= 0.3 is 5.91 Å². The van der Waals surface area contributed by atoms with Crippen LogP contribution in [-0.2, 0) is 6.54 Å². The summed E-state index contributed by atoms with van der Waals surface area (Å²) in [5.41, 5.74) is 7.14. The molecule has 1 aromatic carbocycles. The number of anilines is 1. The number of aromatic amines is 1. The molecule has 5 rings (SSSR count). The highest BCUT2D eigenvalue weighted by Crippen LogP contribution is 2.35. The van der Waals surface area contributed by atoms with Gasteiger partial charge in [-0.3, -0.25) is 9.69 Å². The first-order valence-electron chi connectivity index (χ1n) is 10.8. The third kappa shape index (κ3) is 3.99. The van der Waals surface area contributed by atoms with Gasteiger partial charge in [0.25, 0.3) is 0 Å². The molecule has 0 bridgehead atoms. The maximum absolute atomic E-state index is 13.0. The largest absolute Gasteiger partial charge is 0.493 e. The van der Waals surface area contributed by atoms with Crippen LogP contribution in [0.15, 0.2) is 39.1 Å². The maximum atomic E-state index is 13.0. The Morgan fingerprint density at radius 2 is 1.97 bits per heavy atom. The number of aromatic nitrogens is 6. The van der Waals surface area contributed by atoms with Gasteiger partial charge in [-0.15, -0.1) is 15.3 Å². The Balaban J connectivity index is 1.46. The SMILES string of the molecule is CCN1CCN(Cc2c(C(=O)N=Nc3c(O)[nH]c4ccccc34)nnn2-c2nonc2N)CC1. The number of amides is 1. The van der Waals surface area contributed by atoms with E-state index in [1.54, 1.807) is 18.2 Å². The van der Waals surface area contributed by atoms with Crippen molar-refractivity contribution in [3.8, 4) is 11.7 Å². The van der Waals surface area contributed by atoms with Crippen molar-refractivity contribution in [1.82, 2.24) is 40.1 Å². The van der Waals surface area contributed by atoms with Crippen molar-refractivity contribution < 1.29 is 14.5 Å². The number of fused-ring (bicyclic) bond motifs is 1. The van der Waals surface area contributed by atoms with Crippen molar-refractivity contribution in [3.05, 3.63) is 35.7 Å². The molecule has 3 aromatic heterocycles. The minimum absolute atomic E-state index is 0.00315.